The van der Waals surface area contributed by atoms with E-state index in [0.717, 1.165) is 11.1 Å². The van der Waals surface area contributed by atoms with Gasteiger partial charge in [0, 0.05) is 0 Å². The fourth-order valence-corrected chi connectivity index (χ4v) is 4.17. The van der Waals surface area contributed by atoms with E-state index >= 15 is 0 Å². The Hall–Kier alpha value is -1.64. The Labute approximate surface area is 166 Å². The first-order valence-corrected chi connectivity index (χ1v) is 10.2. The summed E-state index contributed by atoms with van der Waals surface area (Å²) in [5, 5.41) is 3.68. The molecule has 12 heteroatoms. The first-order valence-electron chi connectivity index (χ1n) is 7.44. The number of hydrogen-bond donors (Lipinski definition) is 1. The molecule has 1 saturated heterocycles. The van der Waals surface area contributed by atoms with Crippen LogP contribution in [0.3, 0.4) is 0 Å². The number of thiophene rings is 1. The molecule has 0 saturated carbocycles. The van der Waals surface area contributed by atoms with Crippen LogP contribution in [0.1, 0.15) is 4.88 Å². The van der Waals surface area contributed by atoms with E-state index in [1.54, 1.807) is 17.0 Å². The topological polar surface area (TPSA) is 74.2 Å². The van der Waals surface area contributed by atoms with E-state index in [2.05, 4.69) is 18.0 Å². The van der Waals surface area contributed by atoms with Crippen LogP contribution in [0.2, 0.25) is 0 Å². The van der Waals surface area contributed by atoms with E-state index in [1.807, 2.05) is 0 Å². The summed E-state index contributed by atoms with van der Waals surface area (Å²) >= 11 is 1.85. The molecule has 3 radical (unpaired) electrons. The van der Waals surface area contributed by atoms with Gasteiger partial charge in [-0.2, -0.15) is 13.2 Å². The molecule has 26 heavy (non-hydrogen) atoms. The van der Waals surface area contributed by atoms with E-state index in [1.165, 1.54) is 11.3 Å². The van der Waals surface area contributed by atoms with E-state index < -0.39 is 23.4 Å². The zero-order valence-electron chi connectivity index (χ0n) is 13.2. The first kappa shape index (κ1) is 19.1. The van der Waals surface area contributed by atoms with Crippen molar-refractivity contribution in [1.82, 2.24) is 8.03 Å². The first-order chi connectivity index (χ1) is 12.3. The van der Waals surface area contributed by atoms with Crippen LogP contribution >= 0.6 is 11.3 Å². The van der Waals surface area contributed by atoms with Gasteiger partial charge in [-0.25, -0.2) is 4.79 Å². The standard InChI is InChI=1S/C14H13F3N4O3S.Pb/c15-14(16,17)11-9(12(22)24-19-11)7-8-1-2-10(25-8)20-3-5-21(6-4-20)13(18)23;/h1-2,7H,3-6H2,(H2,18,23);/q;+1/p-1/b9-7-;. The summed E-state index contributed by atoms with van der Waals surface area (Å²) in [6, 6.07) is 3.35. The van der Waals surface area contributed by atoms with Gasteiger partial charge in [0.1, 0.15) is 0 Å². The predicted molar refractivity (Wildman–Crippen MR) is 89.9 cm³/mol. The minimum absolute atomic E-state index is 0.0772. The van der Waals surface area contributed by atoms with Gasteiger partial charge >= 0.3 is 139 Å². The van der Waals surface area contributed by atoms with Crippen molar-refractivity contribution in [2.75, 3.05) is 31.1 Å². The van der Waals surface area contributed by atoms with Crippen molar-refractivity contribution in [2.45, 2.75) is 6.18 Å². The maximum atomic E-state index is 12.9. The van der Waals surface area contributed by atoms with Gasteiger partial charge in [-0.1, -0.05) is 5.16 Å². The predicted octanol–water partition coefficient (Wildman–Crippen LogP) is 1.52. The number of hydrogen-bond acceptors (Lipinski definition) is 6. The number of nitrogens with one attached hydrogen (secondary N) is 1. The molecule has 0 atom stereocenters. The van der Waals surface area contributed by atoms with Crippen molar-refractivity contribution in [2.24, 2.45) is 5.16 Å². The fraction of sp³-hybridized carbons (Fsp3) is 0.357. The number of anilines is 1. The van der Waals surface area contributed by atoms with Gasteiger partial charge in [0.2, 0.25) is 0 Å². The van der Waals surface area contributed by atoms with Crippen LogP contribution in [-0.4, -0.2) is 81.0 Å². The van der Waals surface area contributed by atoms with Crippen molar-refractivity contribution in [3.05, 3.63) is 22.6 Å². The third-order valence-corrected chi connectivity index (χ3v) is 5.77. The SMILES string of the molecule is O=C1ON=C(C(F)(F)F)/C1=C/c1ccc(N2CCN(C(=O)[NH][Pb])CC2)s1. The summed E-state index contributed by atoms with van der Waals surface area (Å²) in [7, 11) is 0. The molecule has 1 aromatic heterocycles. The maximum absolute atomic E-state index is 12.9. The minimum atomic E-state index is -4.75. The van der Waals surface area contributed by atoms with Crippen LogP contribution in [0.15, 0.2) is 22.9 Å². The molecule has 2 amide bonds. The Morgan fingerprint density at radius 2 is 2.00 bits per heavy atom. The monoisotopic (exact) mass is 581 g/mol. The Kier molecular flexibility index (Phi) is 5.55. The molecule has 0 aliphatic carbocycles. The molecule has 2 aliphatic heterocycles. The normalized spacial score (nSPS) is 19.6. The van der Waals surface area contributed by atoms with Crippen molar-refractivity contribution in [3.63, 3.8) is 0 Å². The van der Waals surface area contributed by atoms with Gasteiger partial charge < -0.3 is 4.84 Å². The molecule has 7 nitrogen and oxygen atoms in total. The molecular formula is C14H12F3N4O3PbS. The molecule has 3 rings (SSSR count). The van der Waals surface area contributed by atoms with E-state index in [-0.39, 0.29) is 6.03 Å². The number of nitrogens with zero attached hydrogens (tertiary/aromatic N) is 3. The fourth-order valence-electron chi connectivity index (χ4n) is 2.55. The number of amides is 2. The van der Waals surface area contributed by atoms with Crippen LogP contribution < -0.4 is 8.03 Å². The van der Waals surface area contributed by atoms with Crippen molar-refractivity contribution in [1.29, 1.82) is 0 Å². The summed E-state index contributed by atoms with van der Waals surface area (Å²) in [5.74, 6) is -1.12. The number of carbonyl (C=O) groups excluding carboxylic acids is 2. The number of urea groups is 1. The number of carbonyl (C=O) groups is 2. The van der Waals surface area contributed by atoms with Crippen LogP contribution in [0, 0.1) is 0 Å². The molecule has 1 N–H and O–H groups in total. The molecule has 3 heterocycles. The van der Waals surface area contributed by atoms with Crippen LogP contribution in [0.25, 0.3) is 6.08 Å². The molecule has 1 fully saturated rings. The molecule has 137 valence electrons. The molecular weight excluding hydrogens is 568 g/mol. The Bertz CT molecular complexity index is 785. The molecule has 0 aromatic carbocycles. The zero-order chi connectivity index (χ0) is 18.9. The average Bonchev–Trinajstić information content (AvgIpc) is 3.22. The Balaban J connectivity index is 1.72. The number of halogens is 3. The molecule has 0 bridgehead atoms. The second-order valence-corrected chi connectivity index (χ2v) is 7.52. The van der Waals surface area contributed by atoms with Crippen LogP contribution in [0.4, 0.5) is 23.0 Å². The van der Waals surface area contributed by atoms with E-state index in [0.29, 0.717) is 57.1 Å². The summed E-state index contributed by atoms with van der Waals surface area (Å²) < 4.78 is 41.3. The van der Waals surface area contributed by atoms with E-state index in [9.17, 15) is 22.8 Å². The van der Waals surface area contributed by atoms with Gasteiger partial charge in [0.05, 0.1) is 0 Å². The third-order valence-electron chi connectivity index (χ3n) is 3.85. The number of oxime groups is 1. The van der Waals surface area contributed by atoms with Crippen molar-refractivity contribution < 1.29 is 27.6 Å². The number of piperazine rings is 1. The van der Waals surface area contributed by atoms with Gasteiger partial charge in [-0.05, 0) is 0 Å². The molecule has 1 aromatic rings. The Morgan fingerprint density at radius 1 is 1.31 bits per heavy atom. The molecule has 0 spiro atoms. The van der Waals surface area contributed by atoms with Crippen molar-refractivity contribution in [3.8, 4) is 0 Å². The van der Waals surface area contributed by atoms with Gasteiger partial charge in [0.15, 0.2) is 0 Å². The quantitative estimate of drug-likeness (QED) is 0.327. The second kappa shape index (κ2) is 7.54. The molecule has 0 unspecified atom stereocenters. The molecule has 2 aliphatic rings. The average molecular weight is 581 g/mol. The summed E-state index contributed by atoms with van der Waals surface area (Å²) in [6.45, 7) is 2.39. The van der Waals surface area contributed by atoms with Gasteiger partial charge in [-0.15, -0.1) is 0 Å². The Morgan fingerprint density at radius 3 is 2.62 bits per heavy atom. The van der Waals surface area contributed by atoms with Gasteiger partial charge in [0.25, 0.3) is 0 Å². The zero-order valence-corrected chi connectivity index (χ0v) is 17.9. The van der Waals surface area contributed by atoms with Gasteiger partial charge in [-0.3, -0.25) is 0 Å². The number of alkyl halides is 3. The summed E-state index contributed by atoms with van der Waals surface area (Å²) in [4.78, 5) is 31.6. The summed E-state index contributed by atoms with van der Waals surface area (Å²) in [6.07, 6.45) is -3.61. The second-order valence-electron chi connectivity index (χ2n) is 5.45. The van der Waals surface area contributed by atoms with Crippen molar-refractivity contribution >= 4 is 66.2 Å². The van der Waals surface area contributed by atoms with Crippen LogP contribution in [0.5, 0.6) is 0 Å². The summed E-state index contributed by atoms with van der Waals surface area (Å²) in [5.41, 5.74) is -1.92. The van der Waals surface area contributed by atoms with Crippen LogP contribution in [-0.2, 0) is 9.63 Å². The third kappa shape index (κ3) is 4.02. The number of rotatable bonds is 2. The van der Waals surface area contributed by atoms with E-state index in [4.69, 9.17) is 0 Å².